The minimum atomic E-state index is -0.154. The van der Waals surface area contributed by atoms with Crippen molar-refractivity contribution in [2.24, 2.45) is 0 Å². The molecule has 1 N–H and O–H groups in total. The maximum Gasteiger partial charge on any atom is 0.256 e. The average Bonchev–Trinajstić information content (AvgIpc) is 3.31. The minimum absolute atomic E-state index is 0.154. The number of aryl methyl sites for hydroxylation is 2. The first-order valence-corrected chi connectivity index (χ1v) is 11.5. The molecule has 2 aromatic heterocycles. The van der Waals surface area contributed by atoms with Crippen LogP contribution in [-0.4, -0.2) is 20.3 Å². The molecule has 0 unspecified atom stereocenters. The summed E-state index contributed by atoms with van der Waals surface area (Å²) < 4.78 is 4.22. The molecule has 2 heterocycles. The van der Waals surface area contributed by atoms with Gasteiger partial charge in [-0.25, -0.2) is 0 Å². The van der Waals surface area contributed by atoms with Crippen molar-refractivity contribution in [2.45, 2.75) is 33.9 Å². The molecule has 0 aliphatic rings. The fourth-order valence-electron chi connectivity index (χ4n) is 4.44. The van der Waals surface area contributed by atoms with Crippen LogP contribution in [0.1, 0.15) is 38.4 Å². The standard InChI is InChI=1S/C29H28N4O/c1-20-16-28(31-33(20)19-24-12-8-5-9-13-24)30-29(34)25-14-15-27-26(17-25)21(2)22(3)32(27)18-23-10-6-4-7-11-23/h4-17H,18-19H2,1-3H3,(H,30,31,34). The summed E-state index contributed by atoms with van der Waals surface area (Å²) in [5.41, 5.74) is 7.60. The molecule has 0 radical (unpaired) electrons. The number of hydrogen-bond donors (Lipinski definition) is 1. The third-order valence-corrected chi connectivity index (χ3v) is 6.48. The summed E-state index contributed by atoms with van der Waals surface area (Å²) in [6, 6.07) is 28.5. The van der Waals surface area contributed by atoms with Gasteiger partial charge in [0.2, 0.25) is 0 Å². The van der Waals surface area contributed by atoms with Gasteiger partial charge in [-0.05, 0) is 55.7 Å². The van der Waals surface area contributed by atoms with Gasteiger partial charge in [0.05, 0.1) is 6.54 Å². The van der Waals surface area contributed by atoms with Crippen molar-refractivity contribution < 1.29 is 4.79 Å². The normalized spacial score (nSPS) is 11.1. The van der Waals surface area contributed by atoms with Crippen molar-refractivity contribution in [2.75, 3.05) is 5.32 Å². The van der Waals surface area contributed by atoms with Crippen molar-refractivity contribution >= 4 is 22.6 Å². The van der Waals surface area contributed by atoms with Crippen LogP contribution in [-0.2, 0) is 13.1 Å². The summed E-state index contributed by atoms with van der Waals surface area (Å²) in [6.45, 7) is 7.73. The Bertz CT molecular complexity index is 1460. The van der Waals surface area contributed by atoms with E-state index in [-0.39, 0.29) is 5.91 Å². The van der Waals surface area contributed by atoms with Crippen LogP contribution in [0.3, 0.4) is 0 Å². The summed E-state index contributed by atoms with van der Waals surface area (Å²) in [6.07, 6.45) is 0. The highest BCUT2D eigenvalue weighted by atomic mass is 16.1. The molecule has 0 spiro atoms. The molecule has 5 rings (SSSR count). The van der Waals surface area contributed by atoms with Gasteiger partial charge >= 0.3 is 0 Å². The molecule has 0 saturated carbocycles. The summed E-state index contributed by atoms with van der Waals surface area (Å²) in [4.78, 5) is 13.1. The first-order valence-electron chi connectivity index (χ1n) is 11.5. The van der Waals surface area contributed by atoms with E-state index in [1.165, 1.54) is 22.4 Å². The van der Waals surface area contributed by atoms with Gasteiger partial charge in [-0.2, -0.15) is 5.10 Å². The molecule has 0 aliphatic carbocycles. The minimum Gasteiger partial charge on any atom is -0.340 e. The lowest BCUT2D eigenvalue weighted by Gasteiger charge is -2.09. The third-order valence-electron chi connectivity index (χ3n) is 6.48. The average molecular weight is 449 g/mol. The number of carbonyl (C=O) groups is 1. The summed E-state index contributed by atoms with van der Waals surface area (Å²) in [5, 5.41) is 8.67. The van der Waals surface area contributed by atoms with E-state index < -0.39 is 0 Å². The topological polar surface area (TPSA) is 51.9 Å². The number of hydrogen-bond acceptors (Lipinski definition) is 2. The van der Waals surface area contributed by atoms with E-state index in [0.717, 1.165) is 23.1 Å². The molecule has 0 saturated heterocycles. The fraction of sp³-hybridized carbons (Fsp3) is 0.172. The van der Waals surface area contributed by atoms with E-state index >= 15 is 0 Å². The first kappa shape index (κ1) is 21.7. The molecule has 170 valence electrons. The Morgan fingerprint density at radius 1 is 0.824 bits per heavy atom. The van der Waals surface area contributed by atoms with Crippen LogP contribution in [0.15, 0.2) is 84.9 Å². The van der Waals surface area contributed by atoms with Gasteiger partial charge in [0.15, 0.2) is 5.82 Å². The highest BCUT2D eigenvalue weighted by Crippen LogP contribution is 2.27. The van der Waals surface area contributed by atoms with E-state index in [4.69, 9.17) is 0 Å². The van der Waals surface area contributed by atoms with E-state index in [1.54, 1.807) is 0 Å². The van der Waals surface area contributed by atoms with Crippen molar-refractivity contribution in [3.05, 3.63) is 119 Å². The lowest BCUT2D eigenvalue weighted by atomic mass is 10.1. The van der Waals surface area contributed by atoms with E-state index in [1.807, 2.05) is 60.1 Å². The molecule has 0 aliphatic heterocycles. The van der Waals surface area contributed by atoms with Crippen LogP contribution in [0.5, 0.6) is 0 Å². The number of rotatable bonds is 6. The number of aromatic nitrogens is 3. The van der Waals surface area contributed by atoms with Gasteiger partial charge in [0.25, 0.3) is 5.91 Å². The lowest BCUT2D eigenvalue weighted by molar-refractivity contribution is 0.102. The van der Waals surface area contributed by atoms with E-state index in [2.05, 4.69) is 65.2 Å². The van der Waals surface area contributed by atoms with Crippen LogP contribution >= 0.6 is 0 Å². The Morgan fingerprint density at radius 2 is 1.47 bits per heavy atom. The molecule has 5 heteroatoms. The Kier molecular flexibility index (Phi) is 5.76. The summed E-state index contributed by atoms with van der Waals surface area (Å²) in [5.74, 6) is 0.409. The molecule has 3 aromatic carbocycles. The quantitative estimate of drug-likeness (QED) is 0.341. The summed E-state index contributed by atoms with van der Waals surface area (Å²) in [7, 11) is 0. The number of amides is 1. The first-order chi connectivity index (χ1) is 16.5. The predicted molar refractivity (Wildman–Crippen MR) is 137 cm³/mol. The Morgan fingerprint density at radius 3 is 2.15 bits per heavy atom. The largest absolute Gasteiger partial charge is 0.340 e. The predicted octanol–water partition coefficient (Wildman–Crippen LogP) is 6.11. The van der Waals surface area contributed by atoms with Crippen molar-refractivity contribution in [3.63, 3.8) is 0 Å². The fourth-order valence-corrected chi connectivity index (χ4v) is 4.44. The Balaban J connectivity index is 1.38. The number of fused-ring (bicyclic) bond motifs is 1. The molecular formula is C29H28N4O. The van der Waals surface area contributed by atoms with Crippen LogP contribution in [0.2, 0.25) is 0 Å². The zero-order chi connectivity index (χ0) is 23.7. The van der Waals surface area contributed by atoms with Gasteiger partial charge in [0, 0.05) is 40.5 Å². The van der Waals surface area contributed by atoms with E-state index in [9.17, 15) is 4.79 Å². The number of benzene rings is 3. The van der Waals surface area contributed by atoms with Crippen LogP contribution in [0.25, 0.3) is 10.9 Å². The summed E-state index contributed by atoms with van der Waals surface area (Å²) >= 11 is 0. The smallest absolute Gasteiger partial charge is 0.256 e. The van der Waals surface area contributed by atoms with Gasteiger partial charge in [0.1, 0.15) is 0 Å². The number of nitrogens with one attached hydrogen (secondary N) is 1. The van der Waals surface area contributed by atoms with Crippen molar-refractivity contribution in [1.82, 2.24) is 14.3 Å². The second-order valence-electron chi connectivity index (χ2n) is 8.78. The zero-order valence-electron chi connectivity index (χ0n) is 19.7. The van der Waals surface area contributed by atoms with Crippen molar-refractivity contribution in [3.8, 4) is 0 Å². The van der Waals surface area contributed by atoms with Gasteiger partial charge in [-0.15, -0.1) is 0 Å². The number of nitrogens with zero attached hydrogens (tertiary/aromatic N) is 3. The van der Waals surface area contributed by atoms with Crippen LogP contribution < -0.4 is 5.32 Å². The van der Waals surface area contributed by atoms with Crippen molar-refractivity contribution in [1.29, 1.82) is 0 Å². The third kappa shape index (κ3) is 4.25. The molecule has 0 fully saturated rings. The molecule has 5 nitrogen and oxygen atoms in total. The number of carbonyl (C=O) groups excluding carboxylic acids is 1. The molecular weight excluding hydrogens is 420 g/mol. The highest BCUT2D eigenvalue weighted by Gasteiger charge is 2.15. The van der Waals surface area contributed by atoms with Crippen LogP contribution in [0.4, 0.5) is 5.82 Å². The van der Waals surface area contributed by atoms with Gasteiger partial charge in [-0.3, -0.25) is 9.48 Å². The molecule has 0 bridgehead atoms. The van der Waals surface area contributed by atoms with Gasteiger partial charge in [-0.1, -0.05) is 60.7 Å². The van der Waals surface area contributed by atoms with Crippen LogP contribution in [0, 0.1) is 20.8 Å². The lowest BCUT2D eigenvalue weighted by Crippen LogP contribution is -2.13. The van der Waals surface area contributed by atoms with Gasteiger partial charge < -0.3 is 9.88 Å². The monoisotopic (exact) mass is 448 g/mol. The molecule has 0 atom stereocenters. The Labute approximate surface area is 199 Å². The molecule has 34 heavy (non-hydrogen) atoms. The molecule has 1 amide bonds. The SMILES string of the molecule is Cc1c(C)n(Cc2ccccc2)c2ccc(C(=O)Nc3cc(C)n(Cc4ccccc4)n3)cc12. The maximum absolute atomic E-state index is 13.1. The second kappa shape index (κ2) is 9.02. The second-order valence-corrected chi connectivity index (χ2v) is 8.78. The molecule has 5 aromatic rings. The highest BCUT2D eigenvalue weighted by molar-refractivity contribution is 6.06. The maximum atomic E-state index is 13.1. The van der Waals surface area contributed by atoms with E-state index in [0.29, 0.717) is 17.9 Å². The Hall–Kier alpha value is -4.12. The zero-order valence-corrected chi connectivity index (χ0v) is 19.7. The number of anilines is 1.